The van der Waals surface area contributed by atoms with Crippen LogP contribution in [0.3, 0.4) is 0 Å². The molecule has 29 heavy (non-hydrogen) atoms. The Hall–Kier alpha value is -2.51. The van der Waals surface area contributed by atoms with Crippen molar-refractivity contribution in [3.05, 3.63) is 65.0 Å². The molecule has 1 saturated heterocycles. The summed E-state index contributed by atoms with van der Waals surface area (Å²) in [6.07, 6.45) is 4.53. The first-order valence-corrected chi connectivity index (χ1v) is 11.5. The quantitative estimate of drug-likeness (QED) is 0.649. The molecule has 2 heterocycles. The highest BCUT2D eigenvalue weighted by atomic mass is 32.2. The van der Waals surface area contributed by atoms with E-state index in [0.29, 0.717) is 29.6 Å². The number of sulfonamides is 1. The molecule has 0 radical (unpaired) electrons. The zero-order chi connectivity index (χ0) is 20.0. The van der Waals surface area contributed by atoms with Crippen molar-refractivity contribution >= 4 is 10.0 Å². The first-order valence-electron chi connectivity index (χ1n) is 10.1. The van der Waals surface area contributed by atoms with Crippen molar-refractivity contribution < 1.29 is 12.9 Å². The fourth-order valence-corrected chi connectivity index (χ4v) is 6.01. The Bertz CT molecular complexity index is 1150. The van der Waals surface area contributed by atoms with E-state index in [1.165, 1.54) is 9.87 Å². The summed E-state index contributed by atoms with van der Waals surface area (Å²) < 4.78 is 33.8. The highest BCUT2D eigenvalue weighted by Gasteiger charge is 2.39. The minimum atomic E-state index is -3.61. The zero-order valence-corrected chi connectivity index (χ0v) is 17.2. The van der Waals surface area contributed by atoms with Gasteiger partial charge < -0.3 is 4.52 Å². The third-order valence-corrected chi connectivity index (χ3v) is 7.82. The molecule has 3 aromatic rings. The van der Waals surface area contributed by atoms with Gasteiger partial charge in [0.2, 0.25) is 21.7 Å². The van der Waals surface area contributed by atoms with Gasteiger partial charge in [-0.05, 0) is 62.3 Å². The molecule has 0 amide bonds. The van der Waals surface area contributed by atoms with Crippen LogP contribution in [0.2, 0.25) is 0 Å². The lowest BCUT2D eigenvalue weighted by Crippen LogP contribution is -2.31. The molecule has 1 atom stereocenters. The second kappa shape index (κ2) is 7.07. The molecule has 5 rings (SSSR count). The fourth-order valence-electron chi connectivity index (χ4n) is 4.31. The number of hydrogen-bond acceptors (Lipinski definition) is 5. The molecule has 1 fully saturated rings. The van der Waals surface area contributed by atoms with Gasteiger partial charge in [0, 0.05) is 12.1 Å². The molecule has 6 nitrogen and oxygen atoms in total. The van der Waals surface area contributed by atoms with Crippen LogP contribution in [0.4, 0.5) is 0 Å². The van der Waals surface area contributed by atoms with E-state index in [-0.39, 0.29) is 0 Å². The van der Waals surface area contributed by atoms with Gasteiger partial charge in [0.25, 0.3) is 0 Å². The molecule has 1 aromatic heterocycles. The van der Waals surface area contributed by atoms with E-state index in [9.17, 15) is 8.42 Å². The van der Waals surface area contributed by atoms with Gasteiger partial charge >= 0.3 is 0 Å². The predicted molar refractivity (Wildman–Crippen MR) is 109 cm³/mol. The molecule has 2 aromatic carbocycles. The number of benzene rings is 2. The van der Waals surface area contributed by atoms with Crippen molar-refractivity contribution in [1.82, 2.24) is 14.4 Å². The third kappa shape index (κ3) is 3.28. The van der Waals surface area contributed by atoms with Crippen molar-refractivity contribution in [2.45, 2.75) is 50.0 Å². The van der Waals surface area contributed by atoms with Gasteiger partial charge in [0.15, 0.2) is 0 Å². The van der Waals surface area contributed by atoms with Crippen molar-refractivity contribution in [1.29, 1.82) is 0 Å². The Kier molecular flexibility index (Phi) is 4.52. The van der Waals surface area contributed by atoms with Gasteiger partial charge in [-0.1, -0.05) is 41.1 Å². The molecule has 150 valence electrons. The summed E-state index contributed by atoms with van der Waals surface area (Å²) in [6.45, 7) is 2.48. The van der Waals surface area contributed by atoms with Crippen LogP contribution in [0.25, 0.3) is 11.4 Å². The van der Waals surface area contributed by atoms with E-state index in [2.05, 4.69) is 10.1 Å². The fraction of sp³-hybridized carbons (Fsp3) is 0.364. The summed E-state index contributed by atoms with van der Waals surface area (Å²) in [6, 6.07) is 13.0. The molecule has 7 heteroatoms. The van der Waals surface area contributed by atoms with E-state index in [1.807, 2.05) is 43.3 Å². The zero-order valence-electron chi connectivity index (χ0n) is 16.3. The number of aromatic nitrogens is 2. The third-order valence-electron chi connectivity index (χ3n) is 5.92. The van der Waals surface area contributed by atoms with Crippen LogP contribution < -0.4 is 0 Å². The maximum Gasteiger partial charge on any atom is 0.245 e. The van der Waals surface area contributed by atoms with Gasteiger partial charge in [-0.15, -0.1) is 0 Å². The monoisotopic (exact) mass is 409 g/mol. The Balaban J connectivity index is 1.45. The summed E-state index contributed by atoms with van der Waals surface area (Å²) in [5.41, 5.74) is 4.43. The molecule has 0 N–H and O–H groups in total. The van der Waals surface area contributed by atoms with Crippen LogP contribution >= 0.6 is 0 Å². The molecule has 1 aliphatic heterocycles. The molecule has 0 saturated carbocycles. The smallest absolute Gasteiger partial charge is 0.245 e. The minimum Gasteiger partial charge on any atom is -0.337 e. The second-order valence-corrected chi connectivity index (χ2v) is 9.77. The maximum absolute atomic E-state index is 13.4. The predicted octanol–water partition coefficient (Wildman–Crippen LogP) is 4.06. The SMILES string of the molecule is Cc1ccc(-c2noc([C@H]3CCCN3S(=O)(=O)c3ccc4c(c3)CCC4)n2)cc1. The summed E-state index contributed by atoms with van der Waals surface area (Å²) >= 11 is 0. The molecule has 0 unspecified atom stereocenters. The number of nitrogens with zero attached hydrogens (tertiary/aromatic N) is 3. The van der Waals surface area contributed by atoms with Crippen LogP contribution in [-0.2, 0) is 22.9 Å². The normalized spacial score (nSPS) is 19.6. The summed E-state index contributed by atoms with van der Waals surface area (Å²) in [7, 11) is -3.61. The van der Waals surface area contributed by atoms with Gasteiger partial charge in [-0.25, -0.2) is 8.42 Å². The molecular formula is C22H23N3O3S. The van der Waals surface area contributed by atoms with Crippen LogP contribution in [0.1, 0.15) is 47.9 Å². The molecule has 2 aliphatic rings. The number of rotatable bonds is 4. The topological polar surface area (TPSA) is 76.3 Å². The second-order valence-electron chi connectivity index (χ2n) is 7.88. The molecular weight excluding hydrogens is 386 g/mol. The Labute approximate surface area is 170 Å². The largest absolute Gasteiger partial charge is 0.337 e. The van der Waals surface area contributed by atoms with Crippen LogP contribution in [0.5, 0.6) is 0 Å². The lowest BCUT2D eigenvalue weighted by atomic mass is 10.1. The van der Waals surface area contributed by atoms with E-state index in [1.54, 1.807) is 6.07 Å². The Morgan fingerprint density at radius 3 is 2.66 bits per heavy atom. The van der Waals surface area contributed by atoms with Gasteiger partial charge in [-0.2, -0.15) is 9.29 Å². The number of fused-ring (bicyclic) bond motifs is 1. The van der Waals surface area contributed by atoms with Crippen molar-refractivity contribution in [2.24, 2.45) is 0 Å². The van der Waals surface area contributed by atoms with Crippen molar-refractivity contribution in [3.8, 4) is 11.4 Å². The van der Waals surface area contributed by atoms with Crippen molar-refractivity contribution in [2.75, 3.05) is 6.54 Å². The minimum absolute atomic E-state index is 0.364. The van der Waals surface area contributed by atoms with Gasteiger partial charge in [-0.3, -0.25) is 0 Å². The summed E-state index contributed by atoms with van der Waals surface area (Å²) in [4.78, 5) is 4.89. The highest BCUT2D eigenvalue weighted by Crippen LogP contribution is 2.37. The van der Waals surface area contributed by atoms with Gasteiger partial charge in [0.05, 0.1) is 4.90 Å². The van der Waals surface area contributed by atoms with E-state index in [0.717, 1.165) is 42.4 Å². The van der Waals surface area contributed by atoms with E-state index < -0.39 is 16.1 Å². The average Bonchev–Trinajstić information content (AvgIpc) is 3.46. The lowest BCUT2D eigenvalue weighted by Gasteiger charge is -2.21. The van der Waals surface area contributed by atoms with E-state index in [4.69, 9.17) is 4.52 Å². The lowest BCUT2D eigenvalue weighted by molar-refractivity contribution is 0.290. The molecule has 0 spiro atoms. The van der Waals surface area contributed by atoms with Gasteiger partial charge in [0.1, 0.15) is 6.04 Å². The summed E-state index contributed by atoms with van der Waals surface area (Å²) in [5.74, 6) is 0.851. The van der Waals surface area contributed by atoms with Crippen LogP contribution in [0, 0.1) is 6.92 Å². The molecule has 0 bridgehead atoms. The first kappa shape index (κ1) is 18.5. The number of aryl methyl sites for hydroxylation is 3. The number of hydrogen-bond donors (Lipinski definition) is 0. The Morgan fingerprint density at radius 1 is 1.03 bits per heavy atom. The summed E-state index contributed by atoms with van der Waals surface area (Å²) in [5, 5.41) is 4.09. The maximum atomic E-state index is 13.4. The van der Waals surface area contributed by atoms with E-state index >= 15 is 0 Å². The Morgan fingerprint density at radius 2 is 1.83 bits per heavy atom. The highest BCUT2D eigenvalue weighted by molar-refractivity contribution is 7.89. The molecule has 1 aliphatic carbocycles. The average molecular weight is 410 g/mol. The van der Waals surface area contributed by atoms with Crippen LogP contribution in [0.15, 0.2) is 51.9 Å². The standard InChI is InChI=1S/C22H23N3O3S/c1-15-7-9-17(10-8-15)21-23-22(28-24-21)20-6-3-13-25(20)29(26,27)19-12-11-16-4-2-5-18(16)14-19/h7-12,14,20H,2-6,13H2,1H3/t20-/m1/s1. The first-order chi connectivity index (χ1) is 14.0. The van der Waals surface area contributed by atoms with Crippen molar-refractivity contribution in [3.63, 3.8) is 0 Å². The van der Waals surface area contributed by atoms with Crippen LogP contribution in [-0.4, -0.2) is 29.4 Å².